The number of carbonyl (C=O) groups is 3. The van der Waals surface area contributed by atoms with Crippen molar-refractivity contribution in [1.82, 2.24) is 5.32 Å². The highest BCUT2D eigenvalue weighted by Crippen LogP contribution is 2.41. The van der Waals surface area contributed by atoms with Gasteiger partial charge in [-0.05, 0) is 11.6 Å². The van der Waals surface area contributed by atoms with Gasteiger partial charge in [0.25, 0.3) is 5.69 Å². The van der Waals surface area contributed by atoms with Crippen molar-refractivity contribution in [3.8, 4) is 0 Å². The number of ketones is 1. The van der Waals surface area contributed by atoms with E-state index in [1.807, 2.05) is 36.5 Å². The molecular formula is C21H16N3O5+. The average Bonchev–Trinajstić information content (AvgIpc) is 3.22. The Bertz CT molecular complexity index is 1120. The molecule has 3 aliphatic heterocycles. The normalized spacial score (nSPS) is 29.0. The Hall–Kier alpha value is -3.65. The third-order valence-electron chi connectivity index (χ3n) is 6.09. The predicted octanol–water partition coefficient (Wildman–Crippen LogP) is 0.659. The molecule has 2 aromatic rings. The first-order valence-electron chi connectivity index (χ1n) is 9.24. The fourth-order valence-corrected chi connectivity index (χ4v) is 4.92. The number of rotatable bonds is 3. The first kappa shape index (κ1) is 17.4. The second-order valence-electron chi connectivity index (χ2n) is 7.49. The smallest absolute Gasteiger partial charge is 0.270 e. The van der Waals surface area contributed by atoms with Crippen LogP contribution in [0.2, 0.25) is 0 Å². The number of hydrogen-bond donors (Lipinski definition) is 2. The Morgan fingerprint density at radius 2 is 1.79 bits per heavy atom. The summed E-state index contributed by atoms with van der Waals surface area (Å²) in [4.78, 5) is 49.9. The number of fused-ring (bicyclic) bond motifs is 5. The fourth-order valence-electron chi connectivity index (χ4n) is 4.92. The van der Waals surface area contributed by atoms with E-state index in [9.17, 15) is 24.5 Å². The van der Waals surface area contributed by atoms with Gasteiger partial charge in [-0.1, -0.05) is 36.4 Å². The van der Waals surface area contributed by atoms with E-state index in [0.717, 1.165) is 16.0 Å². The molecule has 8 nitrogen and oxygen atoms in total. The molecule has 0 aliphatic carbocycles. The Morgan fingerprint density at radius 3 is 2.59 bits per heavy atom. The first-order valence-corrected chi connectivity index (χ1v) is 9.24. The van der Waals surface area contributed by atoms with E-state index in [1.54, 1.807) is 0 Å². The molecular weight excluding hydrogens is 374 g/mol. The topological polar surface area (TPSA) is 111 Å². The lowest BCUT2D eigenvalue weighted by Gasteiger charge is -2.29. The molecule has 0 bridgehead atoms. The fraction of sp³-hybridized carbons (Fsp3) is 0.190. The summed E-state index contributed by atoms with van der Waals surface area (Å²) in [5, 5.41) is 13.5. The van der Waals surface area contributed by atoms with Gasteiger partial charge in [0.05, 0.1) is 11.1 Å². The van der Waals surface area contributed by atoms with Crippen LogP contribution in [0.1, 0.15) is 27.5 Å². The Morgan fingerprint density at radius 1 is 1.03 bits per heavy atom. The molecule has 2 saturated heterocycles. The van der Waals surface area contributed by atoms with Crippen LogP contribution in [0.15, 0.2) is 54.7 Å². The molecule has 2 fully saturated rings. The van der Waals surface area contributed by atoms with E-state index in [-0.39, 0.29) is 29.0 Å². The number of amides is 2. The standard InChI is InChI=1S/C21H15N3O5/c25-19(12-5-3-6-13(10-12)24(28)29)18-16-15(20(26)22-21(16)27)17-14-7-2-1-4-11(14)8-9-23(17)18/h1-10,15-18H,(H,22,26,27)/p+1/t15-,16+,17+,18-/m0/s1. The summed E-state index contributed by atoms with van der Waals surface area (Å²) in [6.45, 7) is 0. The van der Waals surface area contributed by atoms with Gasteiger partial charge in [-0.25, -0.2) is 0 Å². The van der Waals surface area contributed by atoms with Crippen molar-refractivity contribution in [2.45, 2.75) is 12.1 Å². The number of nitro benzene ring substituents is 1. The third-order valence-corrected chi connectivity index (χ3v) is 6.09. The summed E-state index contributed by atoms with van der Waals surface area (Å²) < 4.78 is 0. The number of nitrogens with one attached hydrogen (secondary N) is 2. The molecule has 2 amide bonds. The molecule has 2 aromatic carbocycles. The largest absolute Gasteiger partial charge is 0.295 e. The van der Waals surface area contributed by atoms with Gasteiger partial charge >= 0.3 is 0 Å². The molecule has 0 saturated carbocycles. The highest BCUT2D eigenvalue weighted by Gasteiger charge is 2.65. The van der Waals surface area contributed by atoms with Crippen LogP contribution in [-0.4, -0.2) is 28.6 Å². The van der Waals surface area contributed by atoms with E-state index in [1.165, 1.54) is 24.3 Å². The van der Waals surface area contributed by atoms with Gasteiger partial charge in [0, 0.05) is 23.3 Å². The van der Waals surface area contributed by atoms with Gasteiger partial charge < -0.3 is 0 Å². The summed E-state index contributed by atoms with van der Waals surface area (Å²) in [7, 11) is 0. The van der Waals surface area contributed by atoms with Crippen molar-refractivity contribution in [2.75, 3.05) is 0 Å². The number of non-ortho nitro benzene ring substituents is 1. The number of nitro groups is 1. The van der Waals surface area contributed by atoms with Crippen molar-refractivity contribution >= 4 is 29.4 Å². The lowest BCUT2D eigenvalue weighted by Crippen LogP contribution is -3.12. The van der Waals surface area contributed by atoms with Crippen LogP contribution in [0.25, 0.3) is 6.08 Å². The average molecular weight is 390 g/mol. The van der Waals surface area contributed by atoms with Crippen molar-refractivity contribution in [2.24, 2.45) is 11.8 Å². The predicted molar refractivity (Wildman–Crippen MR) is 101 cm³/mol. The number of Topliss-reactive ketones (excluding diaryl/α,β-unsaturated/α-hetero) is 1. The van der Waals surface area contributed by atoms with Crippen molar-refractivity contribution < 1.29 is 24.2 Å². The number of nitrogens with zero attached hydrogens (tertiary/aromatic N) is 1. The lowest BCUT2D eigenvalue weighted by atomic mass is 9.83. The number of hydrogen-bond acceptors (Lipinski definition) is 5. The van der Waals surface area contributed by atoms with Crippen LogP contribution in [0.3, 0.4) is 0 Å². The second kappa shape index (κ2) is 6.18. The quantitative estimate of drug-likeness (QED) is 0.346. The maximum absolute atomic E-state index is 13.4. The van der Waals surface area contributed by atoms with Crippen molar-refractivity contribution in [1.29, 1.82) is 0 Å². The van der Waals surface area contributed by atoms with Crippen LogP contribution in [0.5, 0.6) is 0 Å². The van der Waals surface area contributed by atoms with Gasteiger partial charge in [0.2, 0.25) is 17.6 Å². The van der Waals surface area contributed by atoms with E-state index >= 15 is 0 Å². The van der Waals surface area contributed by atoms with Crippen LogP contribution >= 0.6 is 0 Å². The third kappa shape index (κ3) is 2.46. The van der Waals surface area contributed by atoms with Crippen LogP contribution < -0.4 is 10.2 Å². The van der Waals surface area contributed by atoms with Gasteiger partial charge in [0.1, 0.15) is 17.9 Å². The molecule has 0 spiro atoms. The van der Waals surface area contributed by atoms with E-state index < -0.39 is 28.7 Å². The first-order chi connectivity index (χ1) is 14.0. The molecule has 1 unspecified atom stereocenters. The number of benzene rings is 2. The van der Waals surface area contributed by atoms with Gasteiger partial charge in [-0.3, -0.25) is 34.7 Å². The molecule has 29 heavy (non-hydrogen) atoms. The molecule has 0 radical (unpaired) electrons. The molecule has 144 valence electrons. The lowest BCUT2D eigenvalue weighted by molar-refractivity contribution is -0.884. The summed E-state index contributed by atoms with van der Waals surface area (Å²) in [6, 6.07) is 11.9. The molecule has 3 heterocycles. The molecule has 5 rings (SSSR count). The molecule has 2 N–H and O–H groups in total. The zero-order valence-corrected chi connectivity index (χ0v) is 15.1. The van der Waals surface area contributed by atoms with E-state index in [4.69, 9.17) is 0 Å². The maximum atomic E-state index is 13.4. The van der Waals surface area contributed by atoms with Crippen molar-refractivity contribution in [3.05, 3.63) is 81.5 Å². The SMILES string of the molecule is O=C1NC(=O)[C@H]2[C@@H]1[C@@H](C(=O)c1cccc([N+](=O)[O-])c1)[NH+]1C=Cc3ccccc3[C@H]21. The summed E-state index contributed by atoms with van der Waals surface area (Å²) in [5.74, 6) is -2.69. The van der Waals surface area contributed by atoms with Crippen LogP contribution in [0.4, 0.5) is 5.69 Å². The minimum atomic E-state index is -0.830. The summed E-state index contributed by atoms with van der Waals surface area (Å²) in [5.41, 5.74) is 1.84. The summed E-state index contributed by atoms with van der Waals surface area (Å²) >= 11 is 0. The zero-order chi connectivity index (χ0) is 20.3. The number of imide groups is 1. The minimum Gasteiger partial charge on any atom is -0.295 e. The Kier molecular flexibility index (Phi) is 3.72. The molecule has 0 aromatic heterocycles. The highest BCUT2D eigenvalue weighted by molar-refractivity contribution is 6.11. The van der Waals surface area contributed by atoms with E-state index in [2.05, 4.69) is 5.32 Å². The van der Waals surface area contributed by atoms with Gasteiger partial charge in [-0.15, -0.1) is 0 Å². The zero-order valence-electron chi connectivity index (χ0n) is 15.1. The maximum Gasteiger partial charge on any atom is 0.270 e. The minimum absolute atomic E-state index is 0.163. The number of quaternary nitrogens is 1. The Balaban J connectivity index is 1.63. The van der Waals surface area contributed by atoms with Crippen LogP contribution in [0, 0.1) is 22.0 Å². The molecule has 5 atom stereocenters. The van der Waals surface area contributed by atoms with E-state index in [0.29, 0.717) is 0 Å². The second-order valence-corrected chi connectivity index (χ2v) is 7.49. The van der Waals surface area contributed by atoms with Crippen LogP contribution in [-0.2, 0) is 9.59 Å². The Labute approximate surface area is 165 Å². The number of carbonyl (C=O) groups excluding carboxylic acids is 3. The summed E-state index contributed by atoms with van der Waals surface area (Å²) in [6.07, 6.45) is 3.71. The van der Waals surface area contributed by atoms with Gasteiger partial charge in [0.15, 0.2) is 6.04 Å². The van der Waals surface area contributed by atoms with Gasteiger partial charge in [-0.2, -0.15) is 0 Å². The van der Waals surface area contributed by atoms with Crippen molar-refractivity contribution in [3.63, 3.8) is 0 Å². The monoisotopic (exact) mass is 390 g/mol. The highest BCUT2D eigenvalue weighted by atomic mass is 16.6. The molecule has 8 heteroatoms. The molecule has 3 aliphatic rings.